The minimum Gasteiger partial charge on any atom is -0.461 e. The minimum absolute atomic E-state index is 0.0384. The van der Waals surface area contributed by atoms with Gasteiger partial charge in [-0.1, -0.05) is 0 Å². The van der Waals surface area contributed by atoms with Gasteiger partial charge < -0.3 is 4.74 Å². The molecule has 0 aromatic carbocycles. The maximum absolute atomic E-state index is 12.1. The van der Waals surface area contributed by atoms with E-state index in [1.54, 1.807) is 0 Å². The molecule has 0 aliphatic rings. The Hall–Kier alpha value is -1.00. The first-order valence-electron chi connectivity index (χ1n) is 2.90. The highest BCUT2D eigenvalue weighted by atomic mass is 19.3. The summed E-state index contributed by atoms with van der Waals surface area (Å²) in [5, 5.41) is 0. The fraction of sp³-hybridized carbons (Fsp3) is 0.500. The van der Waals surface area contributed by atoms with Crippen LogP contribution in [0.3, 0.4) is 0 Å². The van der Waals surface area contributed by atoms with E-state index in [9.17, 15) is 18.0 Å². The minimum atomic E-state index is -2.97. The molecule has 0 aromatic rings. The third-order valence-electron chi connectivity index (χ3n) is 0.743. The van der Waals surface area contributed by atoms with Gasteiger partial charge in [0.15, 0.2) is 0 Å². The number of esters is 1. The molecule has 0 saturated carbocycles. The molecule has 0 radical (unpaired) electrons. The molecule has 0 amide bonds. The zero-order valence-electron chi connectivity index (χ0n) is 5.81. The molecule has 2 nitrogen and oxygen atoms in total. The van der Waals surface area contributed by atoms with Crippen LogP contribution in [0.25, 0.3) is 0 Å². The van der Waals surface area contributed by atoms with Crippen molar-refractivity contribution in [3.63, 3.8) is 0 Å². The van der Waals surface area contributed by atoms with E-state index in [1.807, 2.05) is 0 Å². The Morgan fingerprint density at radius 3 is 2.55 bits per heavy atom. The van der Waals surface area contributed by atoms with E-state index in [0.717, 1.165) is 0 Å². The zero-order valence-corrected chi connectivity index (χ0v) is 5.81. The van der Waals surface area contributed by atoms with Crippen LogP contribution in [-0.2, 0) is 9.53 Å². The van der Waals surface area contributed by atoms with Crippen molar-refractivity contribution in [2.75, 3.05) is 6.61 Å². The van der Waals surface area contributed by atoms with Crippen LogP contribution < -0.4 is 0 Å². The SMILES string of the molecule is CCOC(=O)C(F)=CC(F)F. The molecule has 0 atom stereocenters. The van der Waals surface area contributed by atoms with Crippen LogP contribution in [0.15, 0.2) is 11.9 Å². The molecule has 0 saturated heterocycles. The summed E-state index contributed by atoms with van der Waals surface area (Å²) in [6.07, 6.45) is -3.07. The van der Waals surface area contributed by atoms with Gasteiger partial charge in [-0.05, 0) is 6.92 Å². The topological polar surface area (TPSA) is 26.3 Å². The summed E-state index contributed by atoms with van der Waals surface area (Å²) in [5.41, 5.74) is 0. The molecule has 0 aliphatic carbocycles. The van der Waals surface area contributed by atoms with Gasteiger partial charge in [-0.2, -0.15) is 4.39 Å². The maximum atomic E-state index is 12.1. The number of hydrogen-bond acceptors (Lipinski definition) is 2. The molecule has 0 unspecified atom stereocenters. The van der Waals surface area contributed by atoms with E-state index in [0.29, 0.717) is 0 Å². The molecule has 0 bridgehead atoms. The average molecular weight is 168 g/mol. The summed E-state index contributed by atoms with van der Waals surface area (Å²) >= 11 is 0. The van der Waals surface area contributed by atoms with Crippen molar-refractivity contribution in [3.05, 3.63) is 11.9 Å². The van der Waals surface area contributed by atoms with Gasteiger partial charge >= 0.3 is 5.97 Å². The second-order valence-corrected chi connectivity index (χ2v) is 1.57. The average Bonchev–Trinajstić information content (AvgIpc) is 1.86. The van der Waals surface area contributed by atoms with Gasteiger partial charge in [-0.3, -0.25) is 0 Å². The fourth-order valence-electron chi connectivity index (χ4n) is 0.379. The monoisotopic (exact) mass is 168 g/mol. The summed E-state index contributed by atoms with van der Waals surface area (Å²) in [7, 11) is 0. The van der Waals surface area contributed by atoms with Crippen LogP contribution in [0.4, 0.5) is 13.2 Å². The summed E-state index contributed by atoms with van der Waals surface area (Å²) in [6.45, 7) is 1.41. The first kappa shape index (κ1) is 10.0. The number of alkyl halides is 2. The van der Waals surface area contributed by atoms with Crippen LogP contribution in [0.5, 0.6) is 0 Å². The number of rotatable bonds is 3. The van der Waals surface area contributed by atoms with E-state index in [2.05, 4.69) is 4.74 Å². The van der Waals surface area contributed by atoms with E-state index < -0.39 is 18.2 Å². The van der Waals surface area contributed by atoms with Gasteiger partial charge in [-0.15, -0.1) is 0 Å². The number of hydrogen-bond donors (Lipinski definition) is 0. The van der Waals surface area contributed by atoms with Crippen LogP contribution in [0.1, 0.15) is 6.92 Å². The van der Waals surface area contributed by atoms with Crippen molar-refractivity contribution in [3.8, 4) is 0 Å². The van der Waals surface area contributed by atoms with Crippen LogP contribution in [-0.4, -0.2) is 19.0 Å². The van der Waals surface area contributed by atoms with Gasteiger partial charge in [-0.25, -0.2) is 13.6 Å². The molecule has 0 spiro atoms. The van der Waals surface area contributed by atoms with Gasteiger partial charge in [0.25, 0.3) is 6.43 Å². The lowest BCUT2D eigenvalue weighted by molar-refractivity contribution is -0.140. The second kappa shape index (κ2) is 4.76. The quantitative estimate of drug-likeness (QED) is 0.473. The Morgan fingerprint density at radius 1 is 1.64 bits per heavy atom. The first-order chi connectivity index (χ1) is 5.07. The van der Waals surface area contributed by atoms with E-state index >= 15 is 0 Å². The Bertz CT molecular complexity index is 165. The summed E-state index contributed by atoms with van der Waals surface area (Å²) < 4.78 is 39.0. The van der Waals surface area contributed by atoms with Crippen molar-refractivity contribution in [1.82, 2.24) is 0 Å². The smallest absolute Gasteiger partial charge is 0.367 e. The largest absolute Gasteiger partial charge is 0.461 e. The van der Waals surface area contributed by atoms with E-state index in [-0.39, 0.29) is 12.7 Å². The Morgan fingerprint density at radius 2 is 2.18 bits per heavy atom. The summed E-state index contributed by atoms with van der Waals surface area (Å²) in [5.74, 6) is -2.91. The van der Waals surface area contributed by atoms with Gasteiger partial charge in [0.2, 0.25) is 5.83 Å². The number of halogens is 3. The van der Waals surface area contributed by atoms with E-state index in [4.69, 9.17) is 0 Å². The molecule has 0 aliphatic heterocycles. The van der Waals surface area contributed by atoms with Crippen LogP contribution in [0, 0.1) is 0 Å². The third-order valence-corrected chi connectivity index (χ3v) is 0.743. The number of carbonyl (C=O) groups excluding carboxylic acids is 1. The predicted octanol–water partition coefficient (Wildman–Crippen LogP) is 1.67. The highest BCUT2D eigenvalue weighted by molar-refractivity contribution is 5.85. The van der Waals surface area contributed by atoms with Crippen molar-refractivity contribution in [1.29, 1.82) is 0 Å². The maximum Gasteiger partial charge on any atom is 0.367 e. The standard InChI is InChI=1S/C6H7F3O2/c1-2-11-6(10)4(7)3-5(8)9/h3,5H,2H2,1H3. The number of allylic oxidation sites excluding steroid dienone is 1. The number of ether oxygens (including phenoxy) is 1. The molecule has 0 aromatic heterocycles. The normalized spacial score (nSPS) is 11.9. The van der Waals surface area contributed by atoms with Crippen LogP contribution >= 0.6 is 0 Å². The Kier molecular flexibility index (Phi) is 4.33. The highest BCUT2D eigenvalue weighted by Gasteiger charge is 2.11. The Labute approximate surface area is 61.6 Å². The lowest BCUT2D eigenvalue weighted by Crippen LogP contribution is -2.05. The fourth-order valence-corrected chi connectivity index (χ4v) is 0.379. The van der Waals surface area contributed by atoms with Gasteiger partial charge in [0.1, 0.15) is 0 Å². The highest BCUT2D eigenvalue weighted by Crippen LogP contribution is 2.04. The second-order valence-electron chi connectivity index (χ2n) is 1.57. The molecule has 5 heteroatoms. The molecule has 0 heterocycles. The molecule has 0 rings (SSSR count). The summed E-state index contributed by atoms with van der Waals surface area (Å²) in [6, 6.07) is 0. The zero-order chi connectivity index (χ0) is 8.85. The summed E-state index contributed by atoms with van der Waals surface area (Å²) in [4.78, 5) is 10.3. The molecular weight excluding hydrogens is 161 g/mol. The van der Waals surface area contributed by atoms with Gasteiger partial charge in [0.05, 0.1) is 6.61 Å². The molecule has 11 heavy (non-hydrogen) atoms. The Balaban J connectivity index is 4.01. The van der Waals surface area contributed by atoms with Crippen molar-refractivity contribution in [2.24, 2.45) is 0 Å². The van der Waals surface area contributed by atoms with E-state index in [1.165, 1.54) is 6.92 Å². The predicted molar refractivity (Wildman–Crippen MR) is 31.8 cm³/mol. The van der Waals surface area contributed by atoms with Crippen LogP contribution in [0.2, 0.25) is 0 Å². The van der Waals surface area contributed by atoms with Crippen molar-refractivity contribution < 1.29 is 22.7 Å². The number of carbonyl (C=O) groups is 1. The molecule has 64 valence electrons. The molecular formula is C6H7F3O2. The van der Waals surface area contributed by atoms with Crippen molar-refractivity contribution in [2.45, 2.75) is 13.3 Å². The molecule has 0 fully saturated rings. The first-order valence-corrected chi connectivity index (χ1v) is 2.90. The lowest BCUT2D eigenvalue weighted by Gasteiger charge is -1.97. The van der Waals surface area contributed by atoms with Gasteiger partial charge in [0, 0.05) is 6.08 Å². The third kappa shape index (κ3) is 4.41. The molecule has 0 N–H and O–H groups in total. The van der Waals surface area contributed by atoms with Crippen molar-refractivity contribution >= 4 is 5.97 Å². The lowest BCUT2D eigenvalue weighted by atomic mass is 10.5.